The summed E-state index contributed by atoms with van der Waals surface area (Å²) in [6, 6.07) is 12.2. The largest absolute Gasteiger partial charge is 0.497 e. The van der Waals surface area contributed by atoms with Crippen LogP contribution in [-0.2, 0) is 29.3 Å². The number of hydrogen-bond donors (Lipinski definition) is 0. The molecule has 1 aliphatic heterocycles. The van der Waals surface area contributed by atoms with E-state index in [9.17, 15) is 4.39 Å². The number of methoxy groups -OCH3 is 1. The number of ether oxygens (including phenoxy) is 3. The molecule has 5 heterocycles. The minimum absolute atomic E-state index is 0.0622. The van der Waals surface area contributed by atoms with E-state index in [2.05, 4.69) is 38.8 Å². The topological polar surface area (TPSA) is 121 Å². The van der Waals surface area contributed by atoms with Crippen LogP contribution >= 0.6 is 10.0 Å². The fourth-order valence-corrected chi connectivity index (χ4v) is 6.46. The highest BCUT2D eigenvalue weighted by Crippen LogP contribution is 2.34. The van der Waals surface area contributed by atoms with Gasteiger partial charge in [0.1, 0.15) is 23.8 Å². The van der Waals surface area contributed by atoms with Gasteiger partial charge in [-0.2, -0.15) is 29.8 Å². The van der Waals surface area contributed by atoms with Crippen LogP contribution in [0.3, 0.4) is 0 Å². The van der Waals surface area contributed by atoms with Crippen molar-refractivity contribution >= 4 is 38.6 Å². The van der Waals surface area contributed by atoms with Crippen molar-refractivity contribution in [2.24, 2.45) is 0 Å². The van der Waals surface area contributed by atoms with E-state index in [4.69, 9.17) is 29.3 Å². The van der Waals surface area contributed by atoms with Gasteiger partial charge in [0.2, 0.25) is 11.9 Å². The molecule has 2 aromatic carbocycles. The van der Waals surface area contributed by atoms with Crippen molar-refractivity contribution in [1.29, 1.82) is 0 Å². The summed E-state index contributed by atoms with van der Waals surface area (Å²) >= 11 is 0. The first-order chi connectivity index (χ1) is 24.7. The minimum atomic E-state index is -1.00. The van der Waals surface area contributed by atoms with Crippen molar-refractivity contribution in [2.75, 3.05) is 74.3 Å². The Balaban J connectivity index is 1.37. The van der Waals surface area contributed by atoms with Gasteiger partial charge in [-0.15, -0.1) is 0 Å². The molecule has 4 aromatic heterocycles. The normalized spacial score (nSPS) is 14.0. The summed E-state index contributed by atoms with van der Waals surface area (Å²) in [5.74, 6) is 1.12. The lowest BCUT2D eigenvalue weighted by atomic mass is 10.2. The molecule has 0 spiro atoms. The number of rotatable bonds is 13. The second-order valence-corrected chi connectivity index (χ2v) is 17.7. The highest BCUT2D eigenvalue weighted by molar-refractivity contribution is 8.32. The quantitative estimate of drug-likeness (QED) is 0.151. The Hall–Kier alpha value is -4.93. The van der Waals surface area contributed by atoms with Crippen LogP contribution in [0.4, 0.5) is 20.7 Å². The molecular formula is C35H40F2N10O3S. The van der Waals surface area contributed by atoms with Gasteiger partial charge < -0.3 is 28.6 Å². The molecule has 6 aromatic rings. The zero-order valence-corrected chi connectivity index (χ0v) is 29.8. The first-order valence-corrected chi connectivity index (χ1v) is 19.5. The van der Waals surface area contributed by atoms with Gasteiger partial charge in [-0.3, -0.25) is 0 Å². The van der Waals surface area contributed by atoms with Crippen LogP contribution in [0.5, 0.6) is 5.75 Å². The molecule has 0 amide bonds. The van der Waals surface area contributed by atoms with Crippen molar-refractivity contribution in [1.82, 2.24) is 39.3 Å². The summed E-state index contributed by atoms with van der Waals surface area (Å²) in [5, 5.41) is 12.8. The Morgan fingerprint density at radius 3 is 2.45 bits per heavy atom. The van der Waals surface area contributed by atoms with Gasteiger partial charge in [0.25, 0.3) is 0 Å². The predicted molar refractivity (Wildman–Crippen MR) is 194 cm³/mol. The molecule has 7 rings (SSSR count). The lowest BCUT2D eigenvalue weighted by molar-refractivity contribution is 0.0903. The smallest absolute Gasteiger partial charge is 0.232 e. The number of imidazole rings is 1. The average molecular weight is 719 g/mol. The van der Waals surface area contributed by atoms with E-state index < -0.39 is 21.7 Å². The molecule has 0 N–H and O–H groups in total. The SMILES string of the molecule is COc1ccc(CN(Cc2nc3c(F)c(F)ccc3n2COCCS(C)(C)C)c2nc(N3CCOCC3)nc3c(-c4ccnnc4)cnn23)cc1. The number of fused-ring (bicyclic) bond motifs is 2. The Morgan fingerprint density at radius 2 is 1.73 bits per heavy atom. The zero-order chi connectivity index (χ0) is 35.5. The number of aromatic nitrogens is 8. The standard InChI is InChI=1S/C35H40F2N10O3S/c1-48-26-7-5-24(6-8-26)21-45(22-30-41-32-29(10-9-28(36)31(32)37)46(30)23-50-17-18-51(2,3)4)35-43-34(44-13-15-49-16-14-44)42-33-27(20-40-47(33)35)25-11-12-38-39-19-25/h5-12,19-20H,13-18,21-23H2,1-4H3. The first kappa shape index (κ1) is 34.5. The summed E-state index contributed by atoms with van der Waals surface area (Å²) < 4.78 is 50.5. The number of benzene rings is 2. The maximum Gasteiger partial charge on any atom is 0.232 e. The molecule has 0 aliphatic carbocycles. The van der Waals surface area contributed by atoms with Crippen LogP contribution < -0.4 is 14.5 Å². The van der Waals surface area contributed by atoms with E-state index in [0.717, 1.165) is 34.3 Å². The predicted octanol–water partition coefficient (Wildman–Crippen LogP) is 4.93. The molecule has 13 nitrogen and oxygen atoms in total. The second kappa shape index (κ2) is 14.7. The molecule has 1 saturated heterocycles. The van der Waals surface area contributed by atoms with E-state index in [-0.39, 0.29) is 18.8 Å². The van der Waals surface area contributed by atoms with E-state index in [1.807, 2.05) is 35.2 Å². The van der Waals surface area contributed by atoms with Crippen molar-refractivity contribution in [3.05, 3.63) is 84.1 Å². The molecule has 0 unspecified atom stereocenters. The van der Waals surface area contributed by atoms with E-state index in [0.29, 0.717) is 68.3 Å². The number of hydrogen-bond acceptors (Lipinski definition) is 11. The highest BCUT2D eigenvalue weighted by atomic mass is 32.3. The van der Waals surface area contributed by atoms with Gasteiger partial charge in [0, 0.05) is 36.5 Å². The zero-order valence-electron chi connectivity index (χ0n) is 29.0. The third-order valence-electron chi connectivity index (χ3n) is 8.63. The fraction of sp³-hybridized carbons (Fsp3) is 0.371. The maximum absolute atomic E-state index is 15.3. The van der Waals surface area contributed by atoms with Gasteiger partial charge in [0.05, 0.1) is 57.6 Å². The maximum atomic E-state index is 15.3. The molecule has 268 valence electrons. The van der Waals surface area contributed by atoms with Gasteiger partial charge in [-0.25, -0.2) is 23.8 Å². The number of anilines is 2. The van der Waals surface area contributed by atoms with Crippen LogP contribution in [-0.4, -0.2) is 104 Å². The van der Waals surface area contributed by atoms with Crippen molar-refractivity contribution in [3.63, 3.8) is 0 Å². The average Bonchev–Trinajstić information content (AvgIpc) is 3.73. The Morgan fingerprint density at radius 1 is 0.922 bits per heavy atom. The number of nitrogens with zero attached hydrogens (tertiary/aromatic N) is 10. The van der Waals surface area contributed by atoms with E-state index in [1.54, 1.807) is 40.8 Å². The van der Waals surface area contributed by atoms with Crippen LogP contribution in [0.15, 0.2) is 61.1 Å². The van der Waals surface area contributed by atoms with Crippen molar-refractivity contribution in [3.8, 4) is 16.9 Å². The molecule has 1 fully saturated rings. The Bertz CT molecular complexity index is 2120. The van der Waals surface area contributed by atoms with Gasteiger partial charge in [-0.05, 0) is 54.7 Å². The molecular weight excluding hydrogens is 679 g/mol. The van der Waals surface area contributed by atoms with Crippen LogP contribution in [0.2, 0.25) is 0 Å². The molecule has 1 aliphatic rings. The lowest BCUT2D eigenvalue weighted by Crippen LogP contribution is -2.38. The van der Waals surface area contributed by atoms with Crippen LogP contribution in [0.25, 0.3) is 27.8 Å². The Kier molecular flexibility index (Phi) is 9.97. The monoisotopic (exact) mass is 718 g/mol. The van der Waals surface area contributed by atoms with E-state index >= 15 is 4.39 Å². The molecule has 51 heavy (non-hydrogen) atoms. The summed E-state index contributed by atoms with van der Waals surface area (Å²) in [5.41, 5.74) is 3.45. The highest BCUT2D eigenvalue weighted by Gasteiger charge is 2.26. The third-order valence-corrected chi connectivity index (χ3v) is 10.0. The Labute approximate surface area is 295 Å². The molecule has 0 bridgehead atoms. The summed E-state index contributed by atoms with van der Waals surface area (Å²) in [6.07, 6.45) is 11.7. The first-order valence-electron chi connectivity index (χ1n) is 16.5. The van der Waals surface area contributed by atoms with Gasteiger partial charge >= 0.3 is 0 Å². The molecule has 0 saturated carbocycles. The fourth-order valence-electron chi connectivity index (χ4n) is 5.85. The second-order valence-electron chi connectivity index (χ2n) is 13.1. The summed E-state index contributed by atoms with van der Waals surface area (Å²) in [7, 11) is 0.825. The summed E-state index contributed by atoms with van der Waals surface area (Å²) in [6.45, 7) is 3.46. The number of morpholine rings is 1. The lowest BCUT2D eigenvalue weighted by Gasteiger charge is -2.29. The van der Waals surface area contributed by atoms with Crippen molar-refractivity contribution < 1.29 is 23.0 Å². The number of halogens is 2. The van der Waals surface area contributed by atoms with Gasteiger partial charge in [0.15, 0.2) is 17.3 Å². The van der Waals surface area contributed by atoms with E-state index in [1.165, 1.54) is 0 Å². The summed E-state index contributed by atoms with van der Waals surface area (Å²) in [4.78, 5) is 18.9. The van der Waals surface area contributed by atoms with Crippen LogP contribution in [0, 0.1) is 11.6 Å². The molecule has 16 heteroatoms. The molecule has 0 atom stereocenters. The third kappa shape index (κ3) is 7.57. The molecule has 0 radical (unpaired) electrons. The van der Waals surface area contributed by atoms with Crippen LogP contribution in [0.1, 0.15) is 11.4 Å². The van der Waals surface area contributed by atoms with Crippen molar-refractivity contribution in [2.45, 2.75) is 19.8 Å². The minimum Gasteiger partial charge on any atom is -0.497 e. The van der Waals surface area contributed by atoms with Gasteiger partial charge in [-0.1, -0.05) is 12.1 Å².